The van der Waals surface area contributed by atoms with Gasteiger partial charge in [0.05, 0.1) is 12.7 Å². The molecule has 7 heteroatoms. The molecule has 3 rings (SSSR count). The summed E-state index contributed by atoms with van der Waals surface area (Å²) in [5.41, 5.74) is 2.82. The van der Waals surface area contributed by atoms with Crippen molar-refractivity contribution < 1.29 is 9.13 Å². The number of hydrogen-bond acceptors (Lipinski definition) is 6. The first kappa shape index (κ1) is 20.3. The fraction of sp³-hybridized carbons (Fsp3) is 0.273. The molecule has 0 spiro atoms. The lowest BCUT2D eigenvalue weighted by Crippen LogP contribution is -2.44. The Morgan fingerprint density at radius 2 is 1.72 bits per heavy atom. The number of nitriles is 2. The molecule has 1 heterocycles. The Balaban J connectivity index is 1.65. The molecule has 0 saturated carbocycles. The minimum absolute atomic E-state index is 0.0239. The van der Waals surface area contributed by atoms with Gasteiger partial charge in [-0.05, 0) is 41.8 Å². The van der Waals surface area contributed by atoms with E-state index >= 15 is 0 Å². The van der Waals surface area contributed by atoms with Crippen molar-refractivity contribution in [1.29, 1.82) is 10.5 Å². The van der Waals surface area contributed by atoms with Crippen molar-refractivity contribution in [2.45, 2.75) is 12.5 Å². The van der Waals surface area contributed by atoms with E-state index < -0.39 is 0 Å². The van der Waals surface area contributed by atoms with Crippen LogP contribution >= 0.6 is 0 Å². The van der Waals surface area contributed by atoms with Crippen LogP contribution in [0.1, 0.15) is 11.1 Å². The molecule has 1 fully saturated rings. The maximum Gasteiger partial charge on any atom is 0.169 e. The molecule has 2 aromatic rings. The lowest BCUT2D eigenvalue weighted by atomic mass is 10.0. The number of allylic oxidation sites excluding steroid dienone is 1. The number of anilines is 1. The van der Waals surface area contributed by atoms with E-state index in [2.05, 4.69) is 16.0 Å². The van der Waals surface area contributed by atoms with Crippen LogP contribution in [0, 0.1) is 28.5 Å². The Morgan fingerprint density at radius 3 is 2.31 bits per heavy atom. The molecule has 6 nitrogen and oxygen atoms in total. The molecule has 1 aliphatic heterocycles. The number of rotatable bonds is 7. The first-order valence-corrected chi connectivity index (χ1v) is 9.39. The zero-order valence-corrected chi connectivity index (χ0v) is 15.9. The molecule has 0 amide bonds. The average molecular weight is 391 g/mol. The van der Waals surface area contributed by atoms with E-state index in [4.69, 9.17) is 4.74 Å². The number of nitrogens with one attached hydrogen (secondary N) is 3. The molecule has 1 saturated heterocycles. The van der Waals surface area contributed by atoms with Crippen LogP contribution in [0.25, 0.3) is 0 Å². The Labute approximate surface area is 169 Å². The molecule has 0 bridgehead atoms. The van der Waals surface area contributed by atoms with E-state index in [0.29, 0.717) is 31.9 Å². The highest BCUT2D eigenvalue weighted by atomic mass is 19.1. The van der Waals surface area contributed by atoms with Crippen molar-refractivity contribution in [2.24, 2.45) is 0 Å². The van der Waals surface area contributed by atoms with Gasteiger partial charge in [0.2, 0.25) is 0 Å². The third-order valence-electron chi connectivity index (χ3n) is 4.53. The van der Waals surface area contributed by atoms with E-state index in [1.54, 1.807) is 12.1 Å². The summed E-state index contributed by atoms with van der Waals surface area (Å²) in [5.74, 6) is 0.107. The predicted molar refractivity (Wildman–Crippen MR) is 108 cm³/mol. The third kappa shape index (κ3) is 6.05. The number of morpholine rings is 1. The van der Waals surface area contributed by atoms with Crippen LogP contribution < -0.4 is 16.0 Å². The number of ether oxygens (including phenoxy) is 1. The molecule has 2 aromatic carbocycles. The van der Waals surface area contributed by atoms with E-state index in [1.807, 2.05) is 36.4 Å². The SMILES string of the molecule is N#CC(C#N)=C(NCC1CNCCO1)Nc1ccc(Cc2ccc(F)cc2)cc1. The smallest absolute Gasteiger partial charge is 0.169 e. The summed E-state index contributed by atoms with van der Waals surface area (Å²) in [6.45, 7) is 2.65. The molecule has 1 aliphatic rings. The fourth-order valence-electron chi connectivity index (χ4n) is 2.99. The second-order valence-electron chi connectivity index (χ2n) is 6.68. The molecular weight excluding hydrogens is 369 g/mol. The normalized spacial score (nSPS) is 15.6. The number of nitrogens with zero attached hydrogens (tertiary/aromatic N) is 2. The van der Waals surface area contributed by atoms with Crippen LogP contribution in [-0.4, -0.2) is 32.3 Å². The highest BCUT2D eigenvalue weighted by Crippen LogP contribution is 2.16. The summed E-state index contributed by atoms with van der Waals surface area (Å²) < 4.78 is 18.7. The minimum atomic E-state index is -0.250. The van der Waals surface area contributed by atoms with Crippen LogP contribution in [0.5, 0.6) is 0 Å². The average Bonchev–Trinajstić information content (AvgIpc) is 2.76. The van der Waals surface area contributed by atoms with Gasteiger partial charge in [-0.1, -0.05) is 24.3 Å². The zero-order valence-electron chi connectivity index (χ0n) is 15.9. The third-order valence-corrected chi connectivity index (χ3v) is 4.53. The Bertz CT molecular complexity index is 904. The van der Waals surface area contributed by atoms with Gasteiger partial charge in [0.1, 0.15) is 23.8 Å². The predicted octanol–water partition coefficient (Wildman–Crippen LogP) is 2.67. The van der Waals surface area contributed by atoms with E-state index in [0.717, 1.165) is 23.4 Å². The van der Waals surface area contributed by atoms with Crippen molar-refractivity contribution in [2.75, 3.05) is 31.6 Å². The van der Waals surface area contributed by atoms with Gasteiger partial charge in [-0.3, -0.25) is 0 Å². The van der Waals surface area contributed by atoms with E-state index in [9.17, 15) is 14.9 Å². The van der Waals surface area contributed by atoms with Crippen LogP contribution in [-0.2, 0) is 11.2 Å². The summed E-state index contributed by atoms with van der Waals surface area (Å²) in [5, 5.41) is 28.0. The largest absolute Gasteiger partial charge is 0.374 e. The molecule has 3 N–H and O–H groups in total. The molecule has 148 valence electrons. The fourth-order valence-corrected chi connectivity index (χ4v) is 2.99. The monoisotopic (exact) mass is 391 g/mol. The summed E-state index contributed by atoms with van der Waals surface area (Å²) in [6, 6.07) is 17.9. The van der Waals surface area contributed by atoms with Gasteiger partial charge < -0.3 is 20.7 Å². The van der Waals surface area contributed by atoms with Crippen molar-refractivity contribution in [3.63, 3.8) is 0 Å². The van der Waals surface area contributed by atoms with Gasteiger partial charge in [0, 0.05) is 25.3 Å². The van der Waals surface area contributed by atoms with Crippen LogP contribution in [0.4, 0.5) is 10.1 Å². The van der Waals surface area contributed by atoms with E-state index in [-0.39, 0.29) is 17.5 Å². The molecule has 0 aromatic heterocycles. The van der Waals surface area contributed by atoms with Crippen LogP contribution in [0.2, 0.25) is 0 Å². The first-order chi connectivity index (χ1) is 14.2. The van der Waals surface area contributed by atoms with Gasteiger partial charge in [0.25, 0.3) is 0 Å². The van der Waals surface area contributed by atoms with Crippen LogP contribution in [0.3, 0.4) is 0 Å². The molecule has 1 atom stereocenters. The van der Waals surface area contributed by atoms with Gasteiger partial charge in [-0.25, -0.2) is 4.39 Å². The quantitative estimate of drug-likeness (QED) is 0.629. The number of hydrogen-bond donors (Lipinski definition) is 3. The summed E-state index contributed by atoms with van der Waals surface area (Å²) in [7, 11) is 0. The molecular formula is C22H22FN5O. The van der Waals surface area contributed by atoms with E-state index in [1.165, 1.54) is 12.1 Å². The van der Waals surface area contributed by atoms with Gasteiger partial charge in [-0.2, -0.15) is 10.5 Å². The topological polar surface area (TPSA) is 92.9 Å². The molecule has 0 radical (unpaired) electrons. The molecule has 0 aliphatic carbocycles. The van der Waals surface area contributed by atoms with Gasteiger partial charge in [-0.15, -0.1) is 0 Å². The van der Waals surface area contributed by atoms with Crippen LogP contribution in [0.15, 0.2) is 59.9 Å². The first-order valence-electron chi connectivity index (χ1n) is 9.39. The summed E-state index contributed by atoms with van der Waals surface area (Å²) in [4.78, 5) is 0. The number of benzene rings is 2. The highest BCUT2D eigenvalue weighted by molar-refractivity contribution is 5.54. The summed E-state index contributed by atoms with van der Waals surface area (Å²) >= 11 is 0. The van der Waals surface area contributed by atoms with Crippen molar-refractivity contribution in [3.05, 3.63) is 76.9 Å². The minimum Gasteiger partial charge on any atom is -0.374 e. The Morgan fingerprint density at radius 1 is 1.07 bits per heavy atom. The maximum absolute atomic E-state index is 13.0. The Hall–Kier alpha value is -3.39. The van der Waals surface area contributed by atoms with Gasteiger partial charge >= 0.3 is 0 Å². The highest BCUT2D eigenvalue weighted by Gasteiger charge is 2.15. The second-order valence-corrected chi connectivity index (χ2v) is 6.68. The van der Waals surface area contributed by atoms with Crippen molar-refractivity contribution in [1.82, 2.24) is 10.6 Å². The van der Waals surface area contributed by atoms with Crippen molar-refractivity contribution in [3.8, 4) is 12.1 Å². The molecule has 29 heavy (non-hydrogen) atoms. The lowest BCUT2D eigenvalue weighted by Gasteiger charge is -2.25. The number of halogens is 1. The summed E-state index contributed by atoms with van der Waals surface area (Å²) in [6.07, 6.45) is 0.659. The Kier molecular flexibility index (Phi) is 7.18. The maximum atomic E-state index is 13.0. The lowest BCUT2D eigenvalue weighted by molar-refractivity contribution is 0.0307. The van der Waals surface area contributed by atoms with Crippen molar-refractivity contribution >= 4 is 5.69 Å². The van der Waals surface area contributed by atoms with Gasteiger partial charge in [0.15, 0.2) is 5.57 Å². The standard InChI is InChI=1S/C22H22FN5O/c23-19-5-1-16(2-6-19)11-17-3-7-20(8-4-17)28-22(18(12-24)13-25)27-15-21-14-26-9-10-29-21/h1-8,21,26-28H,9-11,14-15H2. The second kappa shape index (κ2) is 10.2. The zero-order chi connectivity index (χ0) is 20.5. The molecule has 1 unspecified atom stereocenters.